The lowest BCUT2D eigenvalue weighted by Gasteiger charge is -2.36. The standard InChI is InChI=1S/C23H23ClF2N2O5/c1-31-20-13-16(5-7-19(20)33-23(25)26)6-8-22(30)32-15-21(29)28-11-9-27(10-12-28)18-4-2-3-17(24)14-18/h2-8,13-14,23H,9-12,15H2,1H3/b8-6+. The molecule has 2 aromatic rings. The van der Waals surface area contributed by atoms with Crippen molar-refractivity contribution in [2.45, 2.75) is 6.61 Å². The molecule has 0 saturated carbocycles. The summed E-state index contributed by atoms with van der Waals surface area (Å²) in [6, 6.07) is 11.8. The van der Waals surface area contributed by atoms with Crippen molar-refractivity contribution >= 4 is 35.2 Å². The predicted molar refractivity (Wildman–Crippen MR) is 120 cm³/mol. The van der Waals surface area contributed by atoms with E-state index in [4.69, 9.17) is 21.1 Å². The molecular weight excluding hydrogens is 458 g/mol. The highest BCUT2D eigenvalue weighted by Crippen LogP contribution is 2.29. The third-order valence-electron chi connectivity index (χ3n) is 4.96. The number of rotatable bonds is 8. The minimum absolute atomic E-state index is 0.0953. The summed E-state index contributed by atoms with van der Waals surface area (Å²) in [6.07, 6.45) is 2.57. The van der Waals surface area contributed by atoms with Crippen LogP contribution in [0.3, 0.4) is 0 Å². The van der Waals surface area contributed by atoms with Crippen LogP contribution in [0.2, 0.25) is 5.02 Å². The van der Waals surface area contributed by atoms with Crippen LogP contribution in [-0.4, -0.2) is 63.3 Å². The molecule has 0 N–H and O–H groups in total. The third kappa shape index (κ3) is 7.08. The first-order valence-electron chi connectivity index (χ1n) is 10.1. The number of benzene rings is 2. The van der Waals surface area contributed by atoms with Crippen molar-refractivity contribution in [1.29, 1.82) is 0 Å². The highest BCUT2D eigenvalue weighted by atomic mass is 35.5. The van der Waals surface area contributed by atoms with E-state index in [1.54, 1.807) is 11.0 Å². The van der Waals surface area contributed by atoms with Gasteiger partial charge in [-0.15, -0.1) is 0 Å². The molecule has 1 aliphatic rings. The van der Waals surface area contributed by atoms with Gasteiger partial charge in [0.05, 0.1) is 7.11 Å². The zero-order valence-corrected chi connectivity index (χ0v) is 18.6. The van der Waals surface area contributed by atoms with Crippen LogP contribution in [0, 0.1) is 0 Å². The Kier molecular flexibility index (Phi) is 8.48. The quantitative estimate of drug-likeness (QED) is 0.422. The number of amides is 1. The molecule has 10 heteroatoms. The summed E-state index contributed by atoms with van der Waals surface area (Å²) in [7, 11) is 1.32. The average molecular weight is 481 g/mol. The Morgan fingerprint density at radius 2 is 1.85 bits per heavy atom. The van der Waals surface area contributed by atoms with Gasteiger partial charge in [-0.3, -0.25) is 4.79 Å². The number of alkyl halides is 2. The van der Waals surface area contributed by atoms with E-state index in [2.05, 4.69) is 9.64 Å². The number of ether oxygens (including phenoxy) is 3. The number of hydrogen-bond acceptors (Lipinski definition) is 6. The summed E-state index contributed by atoms with van der Waals surface area (Å²) in [5.41, 5.74) is 1.51. The van der Waals surface area contributed by atoms with E-state index in [-0.39, 0.29) is 24.0 Å². The number of anilines is 1. The van der Waals surface area contributed by atoms with Gasteiger partial charge in [-0.1, -0.05) is 23.7 Å². The Hall–Kier alpha value is -3.33. The zero-order valence-electron chi connectivity index (χ0n) is 17.9. The zero-order chi connectivity index (χ0) is 23.8. The lowest BCUT2D eigenvalue weighted by atomic mass is 10.2. The molecule has 1 aliphatic heterocycles. The van der Waals surface area contributed by atoms with Crippen LogP contribution < -0.4 is 14.4 Å². The highest BCUT2D eigenvalue weighted by Gasteiger charge is 2.22. The van der Waals surface area contributed by atoms with E-state index in [0.29, 0.717) is 36.8 Å². The first-order chi connectivity index (χ1) is 15.9. The molecule has 1 saturated heterocycles. The van der Waals surface area contributed by atoms with E-state index in [1.165, 1.54) is 31.4 Å². The van der Waals surface area contributed by atoms with Crippen molar-refractivity contribution in [3.63, 3.8) is 0 Å². The van der Waals surface area contributed by atoms with Crippen molar-refractivity contribution < 1.29 is 32.6 Å². The second-order valence-corrected chi connectivity index (χ2v) is 7.51. The fraction of sp³-hybridized carbons (Fsp3) is 0.304. The molecule has 0 aliphatic carbocycles. The first kappa shape index (κ1) is 24.3. The van der Waals surface area contributed by atoms with Gasteiger partial charge < -0.3 is 24.0 Å². The van der Waals surface area contributed by atoms with E-state index in [0.717, 1.165) is 11.8 Å². The number of hydrogen-bond donors (Lipinski definition) is 0. The monoisotopic (exact) mass is 480 g/mol. The molecule has 0 unspecified atom stereocenters. The van der Waals surface area contributed by atoms with Crippen LogP contribution in [-0.2, 0) is 14.3 Å². The van der Waals surface area contributed by atoms with Crippen molar-refractivity contribution in [2.24, 2.45) is 0 Å². The molecule has 3 rings (SSSR count). The van der Waals surface area contributed by atoms with Crippen LogP contribution in [0.4, 0.5) is 14.5 Å². The van der Waals surface area contributed by atoms with E-state index in [9.17, 15) is 18.4 Å². The van der Waals surface area contributed by atoms with Gasteiger partial charge in [0.15, 0.2) is 18.1 Å². The smallest absolute Gasteiger partial charge is 0.387 e. The van der Waals surface area contributed by atoms with Crippen LogP contribution >= 0.6 is 11.6 Å². The molecule has 0 radical (unpaired) electrons. The molecule has 0 aromatic heterocycles. The largest absolute Gasteiger partial charge is 0.493 e. The average Bonchev–Trinajstić information content (AvgIpc) is 2.81. The van der Waals surface area contributed by atoms with E-state index < -0.39 is 12.6 Å². The Balaban J connectivity index is 1.46. The van der Waals surface area contributed by atoms with Crippen molar-refractivity contribution in [3.8, 4) is 11.5 Å². The lowest BCUT2D eigenvalue weighted by molar-refractivity contribution is -0.148. The Labute approximate surface area is 195 Å². The SMILES string of the molecule is COc1cc(/C=C/C(=O)OCC(=O)N2CCN(c3cccc(Cl)c3)CC2)ccc1OC(F)F. The van der Waals surface area contributed by atoms with Crippen molar-refractivity contribution in [3.05, 3.63) is 59.1 Å². The number of carbonyl (C=O) groups is 2. The van der Waals surface area contributed by atoms with Gasteiger partial charge in [0.25, 0.3) is 5.91 Å². The second-order valence-electron chi connectivity index (χ2n) is 7.08. The molecule has 1 amide bonds. The van der Waals surface area contributed by atoms with Crippen LogP contribution in [0.15, 0.2) is 48.5 Å². The predicted octanol–water partition coefficient (Wildman–Crippen LogP) is 3.86. The minimum Gasteiger partial charge on any atom is -0.493 e. The number of piperazine rings is 1. The van der Waals surface area contributed by atoms with Gasteiger partial charge in [-0.25, -0.2) is 4.79 Å². The highest BCUT2D eigenvalue weighted by molar-refractivity contribution is 6.30. The molecule has 1 fully saturated rings. The minimum atomic E-state index is -2.98. The Bertz CT molecular complexity index is 1010. The maximum atomic E-state index is 12.4. The molecule has 0 bridgehead atoms. The number of nitrogens with zero attached hydrogens (tertiary/aromatic N) is 2. The van der Waals surface area contributed by atoms with Gasteiger partial charge in [0.1, 0.15) is 0 Å². The topological polar surface area (TPSA) is 68.3 Å². The molecule has 176 valence electrons. The number of methoxy groups -OCH3 is 1. The first-order valence-corrected chi connectivity index (χ1v) is 10.5. The lowest BCUT2D eigenvalue weighted by Crippen LogP contribution is -2.49. The Morgan fingerprint density at radius 1 is 1.09 bits per heavy atom. The molecule has 0 spiro atoms. The summed E-state index contributed by atoms with van der Waals surface area (Å²) in [5.74, 6) is -1.00. The van der Waals surface area contributed by atoms with Gasteiger partial charge in [0.2, 0.25) is 0 Å². The summed E-state index contributed by atoms with van der Waals surface area (Å²) in [4.78, 5) is 28.1. The molecule has 1 heterocycles. The molecule has 33 heavy (non-hydrogen) atoms. The van der Waals surface area contributed by atoms with Gasteiger partial charge >= 0.3 is 12.6 Å². The summed E-state index contributed by atoms with van der Waals surface area (Å²) in [5, 5.41) is 0.654. The number of halogens is 3. The fourth-order valence-electron chi connectivity index (χ4n) is 3.30. The van der Waals surface area contributed by atoms with Crippen molar-refractivity contribution in [1.82, 2.24) is 4.90 Å². The van der Waals surface area contributed by atoms with Crippen LogP contribution in [0.5, 0.6) is 11.5 Å². The normalized spacial score (nSPS) is 14.0. The van der Waals surface area contributed by atoms with Gasteiger partial charge in [0, 0.05) is 43.0 Å². The molecule has 7 nitrogen and oxygen atoms in total. The summed E-state index contributed by atoms with van der Waals surface area (Å²) in [6.45, 7) is -1.05. The summed E-state index contributed by atoms with van der Waals surface area (Å²) < 4.78 is 39.2. The molecule has 0 atom stereocenters. The van der Waals surface area contributed by atoms with Gasteiger partial charge in [-0.05, 0) is 42.0 Å². The number of esters is 1. The molecule has 2 aromatic carbocycles. The Morgan fingerprint density at radius 3 is 2.52 bits per heavy atom. The van der Waals surface area contributed by atoms with Crippen molar-refractivity contribution in [2.75, 3.05) is 44.8 Å². The molecular formula is C23H23ClF2N2O5. The number of carbonyl (C=O) groups excluding carboxylic acids is 2. The van der Waals surface area contributed by atoms with Crippen LogP contribution in [0.1, 0.15) is 5.56 Å². The third-order valence-corrected chi connectivity index (χ3v) is 5.19. The van der Waals surface area contributed by atoms with Gasteiger partial charge in [-0.2, -0.15) is 8.78 Å². The summed E-state index contributed by atoms with van der Waals surface area (Å²) >= 11 is 6.03. The maximum Gasteiger partial charge on any atom is 0.387 e. The maximum absolute atomic E-state index is 12.4. The van der Waals surface area contributed by atoms with E-state index in [1.807, 2.05) is 18.2 Å². The van der Waals surface area contributed by atoms with E-state index >= 15 is 0 Å². The fourth-order valence-corrected chi connectivity index (χ4v) is 3.49. The second kappa shape index (κ2) is 11.5. The van der Waals surface area contributed by atoms with Crippen LogP contribution in [0.25, 0.3) is 6.08 Å².